The third-order valence-corrected chi connectivity index (χ3v) is 2.44. The molecule has 0 amide bonds. The Bertz CT molecular complexity index is 324. The number of likely N-dealkylation sites (N-methyl/N-ethyl adjacent to an activating group) is 1. The standard InChI is InChI=1S/C13H24N4/c1-13(2,3)12-15-9-11(10-16-12)8-14-6-7-17(4)5/h9-10,14H,6-8H2,1-5H3. The molecular formula is C13H24N4. The molecule has 4 heteroatoms. The van der Waals surface area contributed by atoms with E-state index in [1.807, 2.05) is 12.4 Å². The lowest BCUT2D eigenvalue weighted by molar-refractivity contribution is 0.399. The number of rotatable bonds is 5. The van der Waals surface area contributed by atoms with Crippen LogP contribution in [0.3, 0.4) is 0 Å². The molecule has 17 heavy (non-hydrogen) atoms. The molecule has 0 aliphatic rings. The maximum Gasteiger partial charge on any atom is 0.133 e. The Hall–Kier alpha value is -1.00. The Morgan fingerprint density at radius 3 is 2.24 bits per heavy atom. The molecule has 1 heterocycles. The van der Waals surface area contributed by atoms with Crippen LogP contribution in [0.15, 0.2) is 12.4 Å². The fraction of sp³-hybridized carbons (Fsp3) is 0.692. The molecule has 96 valence electrons. The molecule has 0 saturated heterocycles. The summed E-state index contributed by atoms with van der Waals surface area (Å²) in [7, 11) is 4.14. The lowest BCUT2D eigenvalue weighted by Crippen LogP contribution is -2.26. The normalized spacial score (nSPS) is 12.1. The van der Waals surface area contributed by atoms with Crippen LogP contribution in [-0.4, -0.2) is 42.1 Å². The molecule has 1 rings (SSSR count). The first-order chi connectivity index (χ1) is 7.89. The van der Waals surface area contributed by atoms with E-state index in [-0.39, 0.29) is 5.41 Å². The van der Waals surface area contributed by atoms with Crippen molar-refractivity contribution in [3.8, 4) is 0 Å². The lowest BCUT2D eigenvalue weighted by Gasteiger charge is -2.16. The smallest absolute Gasteiger partial charge is 0.133 e. The molecule has 1 aromatic rings. The number of hydrogen-bond acceptors (Lipinski definition) is 4. The maximum atomic E-state index is 4.40. The number of hydrogen-bond donors (Lipinski definition) is 1. The van der Waals surface area contributed by atoms with Gasteiger partial charge in [-0.2, -0.15) is 0 Å². The van der Waals surface area contributed by atoms with Crippen LogP contribution in [-0.2, 0) is 12.0 Å². The number of aromatic nitrogens is 2. The van der Waals surface area contributed by atoms with Crippen LogP contribution in [0.25, 0.3) is 0 Å². The Kier molecular flexibility index (Phi) is 5.02. The first-order valence-electron chi connectivity index (χ1n) is 6.06. The molecule has 0 radical (unpaired) electrons. The average Bonchev–Trinajstić information content (AvgIpc) is 2.23. The van der Waals surface area contributed by atoms with E-state index in [1.54, 1.807) is 0 Å². The summed E-state index contributed by atoms with van der Waals surface area (Å²) < 4.78 is 0. The van der Waals surface area contributed by atoms with Crippen molar-refractivity contribution >= 4 is 0 Å². The fourth-order valence-electron chi connectivity index (χ4n) is 1.37. The van der Waals surface area contributed by atoms with Crippen LogP contribution < -0.4 is 5.32 Å². The first kappa shape index (κ1) is 14.1. The van der Waals surface area contributed by atoms with Crippen LogP contribution in [0, 0.1) is 0 Å². The minimum Gasteiger partial charge on any atom is -0.311 e. The highest BCUT2D eigenvalue weighted by atomic mass is 15.1. The van der Waals surface area contributed by atoms with Crippen molar-refractivity contribution in [3.63, 3.8) is 0 Å². The highest BCUT2D eigenvalue weighted by Crippen LogP contribution is 2.16. The van der Waals surface area contributed by atoms with Crippen LogP contribution in [0.2, 0.25) is 0 Å². The largest absolute Gasteiger partial charge is 0.311 e. The summed E-state index contributed by atoms with van der Waals surface area (Å²) in [4.78, 5) is 11.0. The molecule has 0 aliphatic heterocycles. The molecule has 1 N–H and O–H groups in total. The molecular weight excluding hydrogens is 212 g/mol. The van der Waals surface area contributed by atoms with Gasteiger partial charge in [-0.05, 0) is 14.1 Å². The maximum absolute atomic E-state index is 4.40. The first-order valence-corrected chi connectivity index (χ1v) is 6.06. The van der Waals surface area contributed by atoms with E-state index in [0.29, 0.717) is 0 Å². The summed E-state index contributed by atoms with van der Waals surface area (Å²) in [5.74, 6) is 0.898. The van der Waals surface area contributed by atoms with Gasteiger partial charge in [0.15, 0.2) is 0 Å². The van der Waals surface area contributed by atoms with Crippen LogP contribution in [0.4, 0.5) is 0 Å². The second-order valence-electron chi connectivity index (χ2n) is 5.64. The SMILES string of the molecule is CN(C)CCNCc1cnc(C(C)(C)C)nc1. The second kappa shape index (κ2) is 6.07. The molecule has 0 aromatic carbocycles. The zero-order valence-electron chi connectivity index (χ0n) is 11.6. The monoisotopic (exact) mass is 236 g/mol. The zero-order valence-corrected chi connectivity index (χ0v) is 11.6. The van der Waals surface area contributed by atoms with E-state index >= 15 is 0 Å². The van der Waals surface area contributed by atoms with Gasteiger partial charge in [0.25, 0.3) is 0 Å². The van der Waals surface area contributed by atoms with E-state index < -0.39 is 0 Å². The van der Waals surface area contributed by atoms with Gasteiger partial charge in [0.05, 0.1) is 0 Å². The summed E-state index contributed by atoms with van der Waals surface area (Å²) in [6.07, 6.45) is 3.83. The van der Waals surface area contributed by atoms with E-state index in [9.17, 15) is 0 Å². The van der Waals surface area contributed by atoms with Gasteiger partial charge < -0.3 is 10.2 Å². The summed E-state index contributed by atoms with van der Waals surface area (Å²) >= 11 is 0. The van der Waals surface area contributed by atoms with Crippen molar-refractivity contribution in [2.24, 2.45) is 0 Å². The van der Waals surface area contributed by atoms with Crippen molar-refractivity contribution < 1.29 is 0 Å². The van der Waals surface area contributed by atoms with Crippen molar-refractivity contribution in [2.75, 3.05) is 27.2 Å². The van der Waals surface area contributed by atoms with Crippen LogP contribution in [0.5, 0.6) is 0 Å². The highest BCUT2D eigenvalue weighted by Gasteiger charge is 2.16. The van der Waals surface area contributed by atoms with E-state index in [4.69, 9.17) is 0 Å². The van der Waals surface area contributed by atoms with Gasteiger partial charge >= 0.3 is 0 Å². The molecule has 0 spiro atoms. The number of nitrogens with zero attached hydrogens (tertiary/aromatic N) is 3. The predicted octanol–water partition coefficient (Wildman–Crippen LogP) is 1.43. The van der Waals surface area contributed by atoms with Gasteiger partial charge in [0, 0.05) is 43.0 Å². The average molecular weight is 236 g/mol. The van der Waals surface area contributed by atoms with Gasteiger partial charge in [0.1, 0.15) is 5.82 Å². The van der Waals surface area contributed by atoms with E-state index in [0.717, 1.165) is 31.0 Å². The van der Waals surface area contributed by atoms with Crippen LogP contribution in [0.1, 0.15) is 32.2 Å². The molecule has 4 nitrogen and oxygen atoms in total. The zero-order chi connectivity index (χ0) is 12.9. The van der Waals surface area contributed by atoms with Crippen molar-refractivity contribution in [1.82, 2.24) is 20.2 Å². The molecule has 0 atom stereocenters. The number of nitrogens with one attached hydrogen (secondary N) is 1. The predicted molar refractivity (Wildman–Crippen MR) is 71.0 cm³/mol. The third kappa shape index (κ3) is 5.24. The quantitative estimate of drug-likeness (QED) is 0.785. The third-order valence-electron chi connectivity index (χ3n) is 2.44. The lowest BCUT2D eigenvalue weighted by atomic mass is 9.96. The van der Waals surface area contributed by atoms with Gasteiger partial charge in [-0.1, -0.05) is 20.8 Å². The fourth-order valence-corrected chi connectivity index (χ4v) is 1.37. The Morgan fingerprint density at radius 2 is 1.76 bits per heavy atom. The Morgan fingerprint density at radius 1 is 1.18 bits per heavy atom. The van der Waals surface area contributed by atoms with Crippen LogP contribution >= 0.6 is 0 Å². The Balaban J connectivity index is 2.41. The summed E-state index contributed by atoms with van der Waals surface area (Å²) in [5, 5.41) is 3.37. The van der Waals surface area contributed by atoms with Crippen molar-refractivity contribution in [1.29, 1.82) is 0 Å². The van der Waals surface area contributed by atoms with Gasteiger partial charge in [-0.3, -0.25) is 0 Å². The van der Waals surface area contributed by atoms with E-state index in [1.165, 1.54) is 0 Å². The topological polar surface area (TPSA) is 41.0 Å². The second-order valence-corrected chi connectivity index (χ2v) is 5.64. The van der Waals surface area contributed by atoms with Gasteiger partial charge in [-0.25, -0.2) is 9.97 Å². The minimum atomic E-state index is 0.0247. The molecule has 0 bridgehead atoms. The highest BCUT2D eigenvalue weighted by molar-refractivity contribution is 5.09. The molecule has 0 saturated carbocycles. The minimum absolute atomic E-state index is 0.0247. The van der Waals surface area contributed by atoms with Crippen molar-refractivity contribution in [3.05, 3.63) is 23.8 Å². The summed E-state index contributed by atoms with van der Waals surface area (Å²) in [6.45, 7) is 9.22. The molecule has 1 aromatic heterocycles. The summed E-state index contributed by atoms with van der Waals surface area (Å²) in [5.41, 5.74) is 1.16. The van der Waals surface area contributed by atoms with Gasteiger partial charge in [0.2, 0.25) is 0 Å². The van der Waals surface area contributed by atoms with E-state index in [2.05, 4.69) is 55.1 Å². The van der Waals surface area contributed by atoms with Crippen molar-refractivity contribution in [2.45, 2.75) is 32.7 Å². The van der Waals surface area contributed by atoms with Gasteiger partial charge in [-0.15, -0.1) is 0 Å². The molecule has 0 fully saturated rings. The molecule has 0 aliphatic carbocycles. The Labute approximate surface area is 104 Å². The molecule has 0 unspecified atom stereocenters. The summed E-state index contributed by atoms with van der Waals surface area (Å²) in [6, 6.07) is 0.